The number of nitrogens with zero attached hydrogens (tertiary/aromatic N) is 1. The van der Waals surface area contributed by atoms with Gasteiger partial charge in [0.2, 0.25) is 5.91 Å². The Balaban J connectivity index is 1.70. The molecule has 3 rings (SSSR count). The smallest absolute Gasteiger partial charge is 0.325 e. The lowest BCUT2D eigenvalue weighted by atomic mass is 9.73. The van der Waals surface area contributed by atoms with E-state index in [2.05, 4.69) is 10.6 Å². The van der Waals surface area contributed by atoms with Crippen LogP contribution in [0.1, 0.15) is 58.1 Å². The molecule has 0 bridgehead atoms. The Kier molecular flexibility index (Phi) is 5.72. The van der Waals surface area contributed by atoms with Gasteiger partial charge in [0.25, 0.3) is 5.91 Å². The van der Waals surface area contributed by atoms with Crippen LogP contribution in [-0.2, 0) is 9.59 Å². The number of carbonyl (C=O) groups is 3. The molecule has 28 heavy (non-hydrogen) atoms. The van der Waals surface area contributed by atoms with Crippen LogP contribution in [0.25, 0.3) is 0 Å². The Bertz CT molecular complexity index is 765. The number of carbonyl (C=O) groups excluding carboxylic acids is 3. The summed E-state index contributed by atoms with van der Waals surface area (Å²) in [5.41, 5.74) is -0.0939. The van der Waals surface area contributed by atoms with Crippen LogP contribution < -0.4 is 10.6 Å². The molecule has 0 unspecified atom stereocenters. The molecule has 0 radical (unpaired) electrons. The lowest BCUT2D eigenvalue weighted by Gasteiger charge is -2.36. The van der Waals surface area contributed by atoms with E-state index in [-0.39, 0.29) is 36.1 Å². The van der Waals surface area contributed by atoms with Crippen LogP contribution in [0.3, 0.4) is 0 Å². The summed E-state index contributed by atoms with van der Waals surface area (Å²) in [5, 5.41) is 5.74. The summed E-state index contributed by atoms with van der Waals surface area (Å²) in [6.45, 7) is 5.55. The van der Waals surface area contributed by atoms with Crippen molar-refractivity contribution in [3.05, 3.63) is 35.6 Å². The topological polar surface area (TPSA) is 78.5 Å². The molecular formula is C21H28FN3O3. The highest BCUT2D eigenvalue weighted by Gasteiger charge is 2.55. The van der Waals surface area contributed by atoms with E-state index in [9.17, 15) is 18.8 Å². The minimum absolute atomic E-state index is 0.0494. The van der Waals surface area contributed by atoms with Crippen molar-refractivity contribution in [3.8, 4) is 0 Å². The zero-order chi connectivity index (χ0) is 20.5. The van der Waals surface area contributed by atoms with E-state index in [1.165, 1.54) is 12.1 Å². The van der Waals surface area contributed by atoms with E-state index in [1.54, 1.807) is 12.1 Å². The molecule has 7 heteroatoms. The molecule has 1 heterocycles. The summed E-state index contributed by atoms with van der Waals surface area (Å²) in [6.07, 6.45) is 3.42. The van der Waals surface area contributed by atoms with Gasteiger partial charge in [-0.05, 0) is 42.4 Å². The lowest BCUT2D eigenvalue weighted by Crippen LogP contribution is -2.54. The van der Waals surface area contributed by atoms with Crippen molar-refractivity contribution in [2.24, 2.45) is 11.8 Å². The fourth-order valence-electron chi connectivity index (χ4n) is 4.31. The normalized spacial score (nSPS) is 25.9. The van der Waals surface area contributed by atoms with E-state index in [0.717, 1.165) is 29.7 Å². The summed E-state index contributed by atoms with van der Waals surface area (Å²) in [7, 11) is 0. The van der Waals surface area contributed by atoms with Crippen LogP contribution in [0.5, 0.6) is 0 Å². The summed E-state index contributed by atoms with van der Waals surface area (Å²) < 4.78 is 13.2. The lowest BCUT2D eigenvalue weighted by molar-refractivity contribution is -0.137. The molecule has 6 nitrogen and oxygen atoms in total. The molecule has 2 aliphatic rings. The van der Waals surface area contributed by atoms with Gasteiger partial charge >= 0.3 is 6.03 Å². The zero-order valence-corrected chi connectivity index (χ0v) is 16.6. The molecule has 0 aromatic heterocycles. The minimum Gasteiger partial charge on any atom is -0.347 e. The van der Waals surface area contributed by atoms with E-state index in [1.807, 2.05) is 20.8 Å². The second kappa shape index (κ2) is 7.89. The molecule has 1 aromatic rings. The highest BCUT2D eigenvalue weighted by Crippen LogP contribution is 2.38. The van der Waals surface area contributed by atoms with Gasteiger partial charge in [-0.25, -0.2) is 9.18 Å². The number of amides is 4. The van der Waals surface area contributed by atoms with Crippen molar-refractivity contribution in [1.29, 1.82) is 0 Å². The maximum atomic E-state index is 13.2. The van der Waals surface area contributed by atoms with Gasteiger partial charge in [-0.15, -0.1) is 0 Å². The van der Waals surface area contributed by atoms with Gasteiger partial charge in [0.05, 0.1) is 6.04 Å². The van der Waals surface area contributed by atoms with Crippen LogP contribution in [0.4, 0.5) is 9.18 Å². The van der Waals surface area contributed by atoms with E-state index < -0.39 is 17.5 Å². The average Bonchev–Trinajstić information content (AvgIpc) is 2.88. The van der Waals surface area contributed by atoms with Crippen LogP contribution in [-0.4, -0.2) is 34.8 Å². The highest BCUT2D eigenvalue weighted by atomic mass is 19.1. The number of hydrogen-bond donors (Lipinski definition) is 2. The largest absolute Gasteiger partial charge is 0.347 e. The second-order valence-electron chi connectivity index (χ2n) is 8.28. The zero-order valence-electron chi connectivity index (χ0n) is 16.6. The molecule has 1 aliphatic heterocycles. The van der Waals surface area contributed by atoms with Crippen LogP contribution in [0.15, 0.2) is 24.3 Å². The van der Waals surface area contributed by atoms with Crippen LogP contribution >= 0.6 is 0 Å². The molecule has 1 spiro atoms. The third kappa shape index (κ3) is 3.75. The molecule has 2 fully saturated rings. The van der Waals surface area contributed by atoms with Gasteiger partial charge in [-0.3, -0.25) is 14.5 Å². The number of nitrogens with one attached hydrogen (secondary N) is 2. The number of benzene rings is 1. The van der Waals surface area contributed by atoms with Crippen molar-refractivity contribution in [3.63, 3.8) is 0 Å². The van der Waals surface area contributed by atoms with Crippen molar-refractivity contribution >= 4 is 17.8 Å². The van der Waals surface area contributed by atoms with Crippen molar-refractivity contribution in [2.45, 2.75) is 58.0 Å². The van der Waals surface area contributed by atoms with Crippen LogP contribution in [0.2, 0.25) is 0 Å². The minimum atomic E-state index is -0.871. The Morgan fingerprint density at radius 2 is 1.96 bits per heavy atom. The average molecular weight is 389 g/mol. The first kappa shape index (κ1) is 20.3. The maximum absolute atomic E-state index is 13.2. The Morgan fingerprint density at radius 3 is 2.57 bits per heavy atom. The maximum Gasteiger partial charge on any atom is 0.325 e. The third-order valence-corrected chi connectivity index (χ3v) is 6.02. The standard InChI is InChI=1S/C21H28FN3O3/c1-13(2)18(15-7-9-16(22)10-8-15)23-17(26)12-25-19(27)21(24-20(25)28)11-5-4-6-14(21)3/h7-10,13-14,18H,4-6,11-12H2,1-3H3,(H,23,26)(H,24,28)/t14-,18-,21-/m0/s1. The first-order chi connectivity index (χ1) is 13.2. The van der Waals surface area contributed by atoms with E-state index in [4.69, 9.17) is 0 Å². The molecule has 1 aliphatic carbocycles. The first-order valence-corrected chi connectivity index (χ1v) is 9.93. The highest BCUT2D eigenvalue weighted by molar-refractivity contribution is 6.09. The van der Waals surface area contributed by atoms with Crippen molar-refractivity contribution in [1.82, 2.24) is 15.5 Å². The summed E-state index contributed by atoms with van der Waals surface area (Å²) in [6, 6.07) is 5.12. The molecule has 1 saturated carbocycles. The van der Waals surface area contributed by atoms with Gasteiger partial charge in [0.15, 0.2) is 0 Å². The third-order valence-electron chi connectivity index (χ3n) is 6.02. The van der Waals surface area contributed by atoms with Crippen LogP contribution in [0, 0.1) is 17.7 Å². The van der Waals surface area contributed by atoms with E-state index >= 15 is 0 Å². The fourth-order valence-corrected chi connectivity index (χ4v) is 4.31. The number of halogens is 1. The number of rotatable bonds is 5. The van der Waals surface area contributed by atoms with Gasteiger partial charge in [-0.2, -0.15) is 0 Å². The number of imide groups is 1. The van der Waals surface area contributed by atoms with Gasteiger partial charge < -0.3 is 10.6 Å². The summed E-state index contributed by atoms with van der Waals surface area (Å²) >= 11 is 0. The predicted molar refractivity (Wildman–Crippen MR) is 103 cm³/mol. The molecule has 2 N–H and O–H groups in total. The molecule has 1 aromatic carbocycles. The summed E-state index contributed by atoms with van der Waals surface area (Å²) in [5.74, 6) is -0.950. The van der Waals surface area contributed by atoms with Gasteiger partial charge in [0.1, 0.15) is 17.9 Å². The van der Waals surface area contributed by atoms with Crippen molar-refractivity contribution in [2.75, 3.05) is 6.54 Å². The molecule has 3 atom stereocenters. The molecular weight excluding hydrogens is 361 g/mol. The quantitative estimate of drug-likeness (QED) is 0.760. The Hall–Kier alpha value is -2.44. The van der Waals surface area contributed by atoms with E-state index in [0.29, 0.717) is 6.42 Å². The predicted octanol–water partition coefficient (Wildman–Crippen LogP) is 3.14. The SMILES string of the molecule is CC(C)[C@H](NC(=O)CN1C(=O)N[C@]2(CCCC[C@@H]2C)C1=O)c1ccc(F)cc1. The second-order valence-corrected chi connectivity index (χ2v) is 8.28. The molecule has 1 saturated heterocycles. The Morgan fingerprint density at radius 1 is 1.29 bits per heavy atom. The van der Waals surface area contributed by atoms with Crippen molar-refractivity contribution < 1.29 is 18.8 Å². The fraction of sp³-hybridized carbons (Fsp3) is 0.571. The monoisotopic (exact) mass is 389 g/mol. The van der Waals surface area contributed by atoms with Gasteiger partial charge in [-0.1, -0.05) is 45.7 Å². The van der Waals surface area contributed by atoms with Gasteiger partial charge in [0, 0.05) is 0 Å². The molecule has 152 valence electrons. The number of hydrogen-bond acceptors (Lipinski definition) is 3. The molecule has 4 amide bonds. The number of urea groups is 1. The Labute approximate surface area is 164 Å². The first-order valence-electron chi connectivity index (χ1n) is 9.93. The summed E-state index contributed by atoms with van der Waals surface area (Å²) in [4.78, 5) is 39.1.